The van der Waals surface area contributed by atoms with Gasteiger partial charge in [0.05, 0.1) is 5.56 Å². The molecule has 0 saturated carbocycles. The van der Waals surface area contributed by atoms with Crippen LogP contribution in [0.25, 0.3) is 5.69 Å². The van der Waals surface area contributed by atoms with Crippen molar-refractivity contribution in [2.24, 2.45) is 0 Å². The predicted molar refractivity (Wildman–Crippen MR) is 113 cm³/mol. The first-order chi connectivity index (χ1) is 14.0. The number of aromatic nitrogens is 1. The van der Waals surface area contributed by atoms with Gasteiger partial charge in [-0.15, -0.1) is 0 Å². The fourth-order valence-electron chi connectivity index (χ4n) is 4.16. The van der Waals surface area contributed by atoms with Crippen LogP contribution in [0.2, 0.25) is 0 Å². The van der Waals surface area contributed by atoms with Crippen LogP contribution in [0.5, 0.6) is 0 Å². The number of anilines is 1. The summed E-state index contributed by atoms with van der Waals surface area (Å²) in [5.74, 6) is -0.679. The van der Waals surface area contributed by atoms with Gasteiger partial charge < -0.3 is 14.2 Å². The molecular weight excluding hydrogens is 364 g/mol. The number of amides is 1. The van der Waals surface area contributed by atoms with Gasteiger partial charge in [0.15, 0.2) is 6.61 Å². The number of carbonyl (C=O) groups is 2. The first kappa shape index (κ1) is 19.0. The Morgan fingerprint density at radius 3 is 2.48 bits per heavy atom. The quantitative estimate of drug-likeness (QED) is 0.629. The molecule has 1 atom stereocenters. The zero-order chi connectivity index (χ0) is 20.5. The average molecular weight is 388 g/mol. The van der Waals surface area contributed by atoms with Crippen molar-refractivity contribution in [3.05, 3.63) is 83.2 Å². The number of ether oxygens (including phenoxy) is 1. The number of benzene rings is 2. The first-order valence-corrected chi connectivity index (χ1v) is 9.79. The molecule has 0 radical (unpaired) electrons. The lowest BCUT2D eigenvalue weighted by Crippen LogP contribution is -2.38. The van der Waals surface area contributed by atoms with Crippen molar-refractivity contribution < 1.29 is 14.3 Å². The molecule has 4 rings (SSSR count). The standard InChI is InChI=1S/C24H24N2O3/c1-16-13-19-9-7-8-12-22(19)26(16)23(27)15-29-24(28)21-14-17(2)25(18(21)3)20-10-5-4-6-11-20/h4-12,14,16H,13,15H2,1-3H3/t16-/m1/s1. The summed E-state index contributed by atoms with van der Waals surface area (Å²) in [4.78, 5) is 27.2. The zero-order valence-corrected chi connectivity index (χ0v) is 16.9. The van der Waals surface area contributed by atoms with E-state index in [9.17, 15) is 9.59 Å². The molecule has 2 aromatic carbocycles. The third-order valence-electron chi connectivity index (χ3n) is 5.47. The number of fused-ring (bicyclic) bond motifs is 1. The molecule has 0 aliphatic carbocycles. The van der Waals surface area contributed by atoms with Gasteiger partial charge in [-0.25, -0.2) is 4.79 Å². The van der Waals surface area contributed by atoms with Crippen molar-refractivity contribution in [3.8, 4) is 5.69 Å². The number of aryl methyl sites for hydroxylation is 1. The van der Waals surface area contributed by atoms with Crippen molar-refractivity contribution >= 4 is 17.6 Å². The SMILES string of the molecule is Cc1cc(C(=O)OCC(=O)N2c3ccccc3C[C@H]2C)c(C)n1-c1ccccc1. The maximum atomic E-state index is 12.8. The topological polar surface area (TPSA) is 51.5 Å². The number of nitrogens with zero attached hydrogens (tertiary/aromatic N) is 2. The molecule has 0 N–H and O–H groups in total. The van der Waals surface area contributed by atoms with Crippen LogP contribution in [0.1, 0.15) is 34.2 Å². The van der Waals surface area contributed by atoms with Crippen molar-refractivity contribution in [1.82, 2.24) is 4.57 Å². The second-order valence-electron chi connectivity index (χ2n) is 7.48. The molecule has 0 spiro atoms. The van der Waals surface area contributed by atoms with E-state index in [1.165, 1.54) is 0 Å². The summed E-state index contributed by atoms with van der Waals surface area (Å²) < 4.78 is 7.42. The van der Waals surface area contributed by atoms with Gasteiger partial charge in [0.2, 0.25) is 0 Å². The van der Waals surface area contributed by atoms with E-state index in [4.69, 9.17) is 4.74 Å². The van der Waals surface area contributed by atoms with Crippen LogP contribution in [0.4, 0.5) is 5.69 Å². The van der Waals surface area contributed by atoms with Crippen molar-refractivity contribution in [2.75, 3.05) is 11.5 Å². The molecule has 29 heavy (non-hydrogen) atoms. The highest BCUT2D eigenvalue weighted by Crippen LogP contribution is 2.31. The van der Waals surface area contributed by atoms with Gasteiger partial charge in [0, 0.05) is 28.8 Å². The molecular formula is C24H24N2O3. The molecule has 0 fully saturated rings. The van der Waals surface area contributed by atoms with E-state index in [1.807, 2.05) is 86.0 Å². The largest absolute Gasteiger partial charge is 0.452 e. The molecule has 1 aliphatic rings. The molecule has 1 amide bonds. The van der Waals surface area contributed by atoms with Crippen LogP contribution < -0.4 is 4.90 Å². The Hall–Kier alpha value is -3.34. The highest BCUT2D eigenvalue weighted by molar-refractivity contribution is 5.99. The Labute approximate surface area is 170 Å². The molecule has 1 aromatic heterocycles. The van der Waals surface area contributed by atoms with Gasteiger partial charge in [-0.2, -0.15) is 0 Å². The molecule has 1 aliphatic heterocycles. The molecule has 0 bridgehead atoms. The second-order valence-corrected chi connectivity index (χ2v) is 7.48. The highest BCUT2D eigenvalue weighted by atomic mass is 16.5. The molecule has 3 aromatic rings. The summed E-state index contributed by atoms with van der Waals surface area (Å²) in [5, 5.41) is 0. The number of rotatable bonds is 4. The predicted octanol–water partition coefficient (Wildman–Crippen LogP) is 4.23. The summed E-state index contributed by atoms with van der Waals surface area (Å²) in [5.41, 5.74) is 5.25. The van der Waals surface area contributed by atoms with Crippen LogP contribution >= 0.6 is 0 Å². The summed E-state index contributed by atoms with van der Waals surface area (Å²) in [6.07, 6.45) is 0.814. The Balaban J connectivity index is 1.49. The molecule has 0 saturated heterocycles. The third-order valence-corrected chi connectivity index (χ3v) is 5.47. The summed E-state index contributed by atoms with van der Waals surface area (Å²) >= 11 is 0. The summed E-state index contributed by atoms with van der Waals surface area (Å²) in [6, 6.07) is 19.6. The Kier molecular flexibility index (Phi) is 4.97. The average Bonchev–Trinajstić information content (AvgIpc) is 3.21. The lowest BCUT2D eigenvalue weighted by Gasteiger charge is -2.22. The Morgan fingerprint density at radius 1 is 1.03 bits per heavy atom. The molecule has 148 valence electrons. The zero-order valence-electron chi connectivity index (χ0n) is 16.9. The first-order valence-electron chi connectivity index (χ1n) is 9.79. The van der Waals surface area contributed by atoms with Gasteiger partial charge in [0.1, 0.15) is 0 Å². The van der Waals surface area contributed by atoms with Crippen molar-refractivity contribution in [3.63, 3.8) is 0 Å². The van der Waals surface area contributed by atoms with Crippen LogP contribution in [0.3, 0.4) is 0 Å². The van der Waals surface area contributed by atoms with Gasteiger partial charge in [-0.3, -0.25) is 4.79 Å². The van der Waals surface area contributed by atoms with Crippen LogP contribution in [-0.2, 0) is 16.0 Å². The minimum absolute atomic E-state index is 0.0572. The fraction of sp³-hybridized carbons (Fsp3) is 0.250. The van der Waals surface area contributed by atoms with Gasteiger partial charge in [-0.1, -0.05) is 36.4 Å². The Bertz CT molecular complexity index is 1070. The van der Waals surface area contributed by atoms with Crippen molar-refractivity contribution in [2.45, 2.75) is 33.2 Å². The smallest absolute Gasteiger partial charge is 0.340 e. The van der Waals surface area contributed by atoms with Gasteiger partial charge >= 0.3 is 5.97 Å². The lowest BCUT2D eigenvalue weighted by molar-refractivity contribution is -0.122. The fourth-order valence-corrected chi connectivity index (χ4v) is 4.16. The highest BCUT2D eigenvalue weighted by Gasteiger charge is 2.31. The van der Waals surface area contributed by atoms with E-state index in [2.05, 4.69) is 0 Å². The normalized spacial score (nSPS) is 15.3. The summed E-state index contributed by atoms with van der Waals surface area (Å²) in [6.45, 7) is 5.57. The number of esters is 1. The van der Waals surface area contributed by atoms with Crippen LogP contribution in [0, 0.1) is 13.8 Å². The van der Waals surface area contributed by atoms with E-state index in [-0.39, 0.29) is 18.6 Å². The maximum absolute atomic E-state index is 12.8. The summed E-state index contributed by atoms with van der Waals surface area (Å²) in [7, 11) is 0. The van der Waals surface area contributed by atoms with Crippen LogP contribution in [-0.4, -0.2) is 29.1 Å². The molecule has 5 heteroatoms. The third kappa shape index (κ3) is 3.44. The second kappa shape index (κ2) is 7.59. The van der Waals surface area contributed by atoms with E-state index < -0.39 is 5.97 Å². The molecule has 2 heterocycles. The van der Waals surface area contributed by atoms with Gasteiger partial charge in [0.25, 0.3) is 5.91 Å². The minimum Gasteiger partial charge on any atom is -0.452 e. The Morgan fingerprint density at radius 2 is 1.72 bits per heavy atom. The van der Waals surface area contributed by atoms with E-state index >= 15 is 0 Å². The molecule has 5 nitrogen and oxygen atoms in total. The van der Waals surface area contributed by atoms with E-state index in [0.29, 0.717) is 5.56 Å². The molecule has 0 unspecified atom stereocenters. The number of hydrogen-bond acceptors (Lipinski definition) is 3. The maximum Gasteiger partial charge on any atom is 0.340 e. The van der Waals surface area contributed by atoms with E-state index in [0.717, 1.165) is 34.7 Å². The monoisotopic (exact) mass is 388 g/mol. The van der Waals surface area contributed by atoms with Crippen LogP contribution in [0.15, 0.2) is 60.7 Å². The lowest BCUT2D eigenvalue weighted by atomic mass is 10.1. The number of carbonyl (C=O) groups excluding carboxylic acids is 2. The number of hydrogen-bond donors (Lipinski definition) is 0. The minimum atomic E-state index is -0.478. The number of para-hydroxylation sites is 2. The van der Waals surface area contributed by atoms with Crippen molar-refractivity contribution in [1.29, 1.82) is 0 Å². The van der Waals surface area contributed by atoms with Gasteiger partial charge in [-0.05, 0) is 57.0 Å². The van der Waals surface area contributed by atoms with E-state index in [1.54, 1.807) is 4.90 Å².